The third-order valence-electron chi connectivity index (χ3n) is 5.67. The van der Waals surface area contributed by atoms with E-state index in [9.17, 15) is 9.59 Å². The molecular weight excluding hydrogens is 412 g/mol. The number of imidazole rings is 1. The van der Waals surface area contributed by atoms with Crippen molar-refractivity contribution in [1.82, 2.24) is 20.0 Å². The van der Waals surface area contributed by atoms with Gasteiger partial charge >= 0.3 is 0 Å². The molecule has 0 saturated carbocycles. The first-order valence-corrected chi connectivity index (χ1v) is 11.2. The lowest BCUT2D eigenvalue weighted by molar-refractivity contribution is -0.121. The summed E-state index contributed by atoms with van der Waals surface area (Å²) in [6, 6.07) is 23.5. The van der Waals surface area contributed by atoms with Gasteiger partial charge in [-0.1, -0.05) is 66.7 Å². The van der Waals surface area contributed by atoms with Crippen LogP contribution < -0.4 is 10.6 Å². The van der Waals surface area contributed by atoms with Gasteiger partial charge in [0.25, 0.3) is 5.91 Å². The molecule has 6 heteroatoms. The number of amides is 2. The maximum Gasteiger partial charge on any atom is 0.270 e. The highest BCUT2D eigenvalue weighted by Crippen LogP contribution is 2.22. The third-order valence-corrected chi connectivity index (χ3v) is 5.67. The first kappa shape index (κ1) is 22.3. The molecule has 0 fully saturated rings. The van der Waals surface area contributed by atoms with Crippen molar-refractivity contribution in [2.24, 2.45) is 0 Å². The van der Waals surface area contributed by atoms with Crippen molar-refractivity contribution < 1.29 is 9.59 Å². The number of aryl methyl sites for hydroxylation is 2. The minimum absolute atomic E-state index is 0.0523. The third kappa shape index (κ3) is 5.12. The number of aromatic nitrogens is 2. The van der Waals surface area contributed by atoms with E-state index in [2.05, 4.69) is 15.6 Å². The Morgan fingerprint density at radius 2 is 1.55 bits per heavy atom. The largest absolute Gasteiger partial charge is 0.351 e. The van der Waals surface area contributed by atoms with Crippen LogP contribution in [0, 0.1) is 13.8 Å². The summed E-state index contributed by atoms with van der Waals surface area (Å²) in [5.74, 6) is -0.235. The van der Waals surface area contributed by atoms with Crippen molar-refractivity contribution in [3.05, 3.63) is 107 Å². The van der Waals surface area contributed by atoms with Gasteiger partial charge in [-0.05, 0) is 43.0 Å². The zero-order chi connectivity index (χ0) is 23.2. The SMILES string of the molecule is Cc1nc2c(C)cccn2c1C(=O)NCCCC(=O)NC(c1ccccc1)c1ccccc1. The standard InChI is InChI=1S/C27H28N4O2/c1-19-11-10-18-31-25(20(2)29-26(19)31)27(33)28-17-9-16-23(32)30-24(21-12-5-3-6-13-21)22-14-7-4-8-15-22/h3-8,10-15,18,24H,9,16-17H2,1-2H3,(H,28,33)(H,30,32). The van der Waals surface area contributed by atoms with Crippen molar-refractivity contribution in [2.75, 3.05) is 6.54 Å². The number of nitrogens with one attached hydrogen (secondary N) is 2. The highest BCUT2D eigenvalue weighted by atomic mass is 16.2. The van der Waals surface area contributed by atoms with E-state index in [0.29, 0.717) is 30.8 Å². The fourth-order valence-corrected chi connectivity index (χ4v) is 4.01. The van der Waals surface area contributed by atoms with Crippen LogP contribution in [0.2, 0.25) is 0 Å². The average Bonchev–Trinajstić information content (AvgIpc) is 3.18. The predicted molar refractivity (Wildman–Crippen MR) is 129 cm³/mol. The molecule has 0 atom stereocenters. The van der Waals surface area contributed by atoms with E-state index < -0.39 is 0 Å². The number of rotatable bonds is 8. The predicted octanol–water partition coefficient (Wildman–Crippen LogP) is 4.37. The van der Waals surface area contributed by atoms with Crippen LogP contribution >= 0.6 is 0 Å². The van der Waals surface area contributed by atoms with Crippen LogP contribution in [0.3, 0.4) is 0 Å². The lowest BCUT2D eigenvalue weighted by Crippen LogP contribution is -2.31. The minimum Gasteiger partial charge on any atom is -0.351 e. The fraction of sp³-hybridized carbons (Fsp3) is 0.222. The van der Waals surface area contributed by atoms with E-state index in [0.717, 1.165) is 22.3 Å². The van der Waals surface area contributed by atoms with Crippen LogP contribution in [0.15, 0.2) is 79.0 Å². The van der Waals surface area contributed by atoms with E-state index >= 15 is 0 Å². The molecule has 2 amide bonds. The number of hydrogen-bond donors (Lipinski definition) is 2. The second-order valence-corrected chi connectivity index (χ2v) is 8.11. The van der Waals surface area contributed by atoms with Crippen molar-refractivity contribution in [3.63, 3.8) is 0 Å². The van der Waals surface area contributed by atoms with Gasteiger partial charge in [-0.15, -0.1) is 0 Å². The Kier molecular flexibility index (Phi) is 6.83. The number of fused-ring (bicyclic) bond motifs is 1. The number of pyridine rings is 1. The van der Waals surface area contributed by atoms with Gasteiger partial charge in [-0.25, -0.2) is 4.98 Å². The van der Waals surface area contributed by atoms with Crippen LogP contribution in [0.5, 0.6) is 0 Å². The quantitative estimate of drug-likeness (QED) is 0.400. The maximum atomic E-state index is 12.8. The second-order valence-electron chi connectivity index (χ2n) is 8.11. The van der Waals surface area contributed by atoms with Gasteiger partial charge < -0.3 is 10.6 Å². The van der Waals surface area contributed by atoms with E-state index in [1.54, 1.807) is 0 Å². The highest BCUT2D eigenvalue weighted by Gasteiger charge is 2.18. The monoisotopic (exact) mass is 440 g/mol. The summed E-state index contributed by atoms with van der Waals surface area (Å²) in [5, 5.41) is 6.07. The van der Waals surface area contributed by atoms with Gasteiger partial charge in [0.2, 0.25) is 5.91 Å². The molecule has 168 valence electrons. The summed E-state index contributed by atoms with van der Waals surface area (Å²) >= 11 is 0. The van der Waals surface area contributed by atoms with Crippen LogP contribution in [-0.2, 0) is 4.79 Å². The van der Waals surface area contributed by atoms with Gasteiger partial charge in [-0.2, -0.15) is 0 Å². The Balaban J connectivity index is 1.34. The zero-order valence-corrected chi connectivity index (χ0v) is 18.9. The van der Waals surface area contributed by atoms with Gasteiger partial charge in [0, 0.05) is 19.2 Å². The molecular formula is C27H28N4O2. The molecule has 0 aliphatic rings. The van der Waals surface area contributed by atoms with Crippen LogP contribution in [0.1, 0.15) is 51.8 Å². The Morgan fingerprint density at radius 3 is 2.18 bits per heavy atom. The molecule has 2 N–H and O–H groups in total. The van der Waals surface area contributed by atoms with E-state index in [-0.39, 0.29) is 17.9 Å². The molecule has 6 nitrogen and oxygen atoms in total. The van der Waals surface area contributed by atoms with Crippen molar-refractivity contribution in [3.8, 4) is 0 Å². The molecule has 33 heavy (non-hydrogen) atoms. The number of carbonyl (C=O) groups excluding carboxylic acids is 2. The van der Waals surface area contributed by atoms with Crippen molar-refractivity contribution in [1.29, 1.82) is 0 Å². The summed E-state index contributed by atoms with van der Waals surface area (Å²) in [7, 11) is 0. The fourth-order valence-electron chi connectivity index (χ4n) is 4.01. The summed E-state index contributed by atoms with van der Waals surface area (Å²) in [5.41, 5.74) is 5.09. The Hall–Kier alpha value is -3.93. The van der Waals surface area contributed by atoms with Crippen molar-refractivity contribution in [2.45, 2.75) is 32.7 Å². The normalized spacial score (nSPS) is 11.0. The molecule has 2 heterocycles. The van der Waals surface area contributed by atoms with Crippen LogP contribution in [0.25, 0.3) is 5.65 Å². The molecule has 2 aromatic carbocycles. The van der Waals surface area contributed by atoms with E-state index in [4.69, 9.17) is 0 Å². The highest BCUT2D eigenvalue weighted by molar-refractivity contribution is 5.94. The molecule has 0 radical (unpaired) electrons. The molecule has 0 spiro atoms. The van der Waals surface area contributed by atoms with Crippen molar-refractivity contribution >= 4 is 17.5 Å². The molecule has 0 saturated heterocycles. The lowest BCUT2D eigenvalue weighted by Gasteiger charge is -2.20. The molecule has 0 aliphatic heterocycles. The molecule has 0 unspecified atom stereocenters. The smallest absolute Gasteiger partial charge is 0.270 e. The molecule has 0 aliphatic carbocycles. The molecule has 4 aromatic rings. The molecule has 2 aromatic heterocycles. The van der Waals surface area contributed by atoms with Gasteiger partial charge in [0.05, 0.1) is 11.7 Å². The van der Waals surface area contributed by atoms with Gasteiger partial charge in [0.15, 0.2) is 0 Å². The Morgan fingerprint density at radius 1 is 0.909 bits per heavy atom. The Labute approximate surface area is 193 Å². The van der Waals surface area contributed by atoms with Gasteiger partial charge in [-0.3, -0.25) is 14.0 Å². The Bertz CT molecular complexity index is 1210. The number of benzene rings is 2. The van der Waals surface area contributed by atoms with Gasteiger partial charge in [0.1, 0.15) is 11.3 Å². The van der Waals surface area contributed by atoms with Crippen LogP contribution in [0.4, 0.5) is 0 Å². The molecule has 0 bridgehead atoms. The lowest BCUT2D eigenvalue weighted by atomic mass is 9.98. The maximum absolute atomic E-state index is 12.8. The van der Waals surface area contributed by atoms with E-state index in [1.807, 2.05) is 97.2 Å². The zero-order valence-electron chi connectivity index (χ0n) is 18.9. The summed E-state index contributed by atoms with van der Waals surface area (Å²) in [4.78, 5) is 30.0. The number of hydrogen-bond acceptors (Lipinski definition) is 3. The number of carbonyl (C=O) groups is 2. The topological polar surface area (TPSA) is 75.5 Å². The summed E-state index contributed by atoms with van der Waals surface area (Å²) in [6.45, 7) is 4.22. The van der Waals surface area contributed by atoms with E-state index in [1.165, 1.54) is 0 Å². The summed E-state index contributed by atoms with van der Waals surface area (Å²) < 4.78 is 1.82. The average molecular weight is 441 g/mol. The first-order valence-electron chi connectivity index (χ1n) is 11.2. The first-order chi connectivity index (χ1) is 16.0. The second kappa shape index (κ2) is 10.1. The summed E-state index contributed by atoms with van der Waals surface area (Å²) in [6.07, 6.45) is 2.71. The minimum atomic E-state index is -0.210. The number of nitrogens with zero attached hydrogens (tertiary/aromatic N) is 2. The molecule has 4 rings (SSSR count). The van der Waals surface area contributed by atoms with Crippen LogP contribution in [-0.4, -0.2) is 27.7 Å².